The Labute approximate surface area is 437 Å². The largest absolute Gasteiger partial charge is 0.462 e. The number of unbranched alkanes of at least 4 members (excludes halogenated alkanes) is 20. The maximum absolute atomic E-state index is 12.9. The van der Waals surface area contributed by atoms with Gasteiger partial charge in [0.25, 0.3) is 0 Å². The van der Waals surface area contributed by atoms with Crippen LogP contribution >= 0.6 is 0 Å². The number of carbonyl (C=O) groups is 3. The standard InChI is InChI=1S/C65H106O6/c1-4-7-10-13-16-19-22-25-27-29-30-31-32-33-34-36-37-40-43-46-49-52-55-58-64(67)70-61-62(60-69-63(66)57-54-51-48-45-42-39-24-21-18-15-12-9-6-3)71-65(68)59-56-53-50-47-44-41-38-35-28-26-23-20-17-14-11-8-5-2/h7,9-10,12,16,18-19,21,25-28,30-31,33-34,39,42,48,51,62H,4-6,8,11,13-15,17,20,22-24,29,32,35-38,40-41,43-47,49-50,52-61H2,1-3H3/b10-7-,12-9-,19-16-,21-18-,27-25-,28-26-,31-30-,34-33-,42-39-,51-48-. The Morgan fingerprint density at radius 3 is 0.958 bits per heavy atom. The van der Waals surface area contributed by atoms with Gasteiger partial charge >= 0.3 is 17.9 Å². The number of esters is 3. The third kappa shape index (κ3) is 56.6. The van der Waals surface area contributed by atoms with Crippen LogP contribution in [0.15, 0.2) is 122 Å². The minimum atomic E-state index is -0.817. The molecule has 0 amide bonds. The normalized spacial score (nSPS) is 13.0. The van der Waals surface area contributed by atoms with Crippen molar-refractivity contribution in [1.82, 2.24) is 0 Å². The Hall–Kier alpha value is -4.19. The van der Waals surface area contributed by atoms with Gasteiger partial charge in [-0.05, 0) is 116 Å². The summed E-state index contributed by atoms with van der Waals surface area (Å²) in [5.41, 5.74) is 0. The first-order valence-corrected chi connectivity index (χ1v) is 29.0. The molecule has 0 fully saturated rings. The molecule has 0 saturated carbocycles. The number of carbonyl (C=O) groups excluding carboxylic acids is 3. The summed E-state index contributed by atoms with van der Waals surface area (Å²) in [5, 5.41) is 0. The molecule has 0 aliphatic heterocycles. The van der Waals surface area contributed by atoms with Crippen molar-refractivity contribution in [3.05, 3.63) is 122 Å². The Bertz CT molecular complexity index is 1500. The van der Waals surface area contributed by atoms with Crippen molar-refractivity contribution in [1.29, 1.82) is 0 Å². The van der Waals surface area contributed by atoms with Gasteiger partial charge in [0.2, 0.25) is 0 Å². The molecule has 1 unspecified atom stereocenters. The second-order valence-corrected chi connectivity index (χ2v) is 18.8. The average Bonchev–Trinajstić information content (AvgIpc) is 3.37. The van der Waals surface area contributed by atoms with Crippen LogP contribution in [0.3, 0.4) is 0 Å². The summed E-state index contributed by atoms with van der Waals surface area (Å²) in [7, 11) is 0. The van der Waals surface area contributed by atoms with Crippen LogP contribution < -0.4 is 0 Å². The van der Waals surface area contributed by atoms with Crippen LogP contribution in [-0.2, 0) is 28.6 Å². The zero-order chi connectivity index (χ0) is 51.4. The Balaban J connectivity index is 4.44. The van der Waals surface area contributed by atoms with E-state index in [9.17, 15) is 14.4 Å². The second-order valence-electron chi connectivity index (χ2n) is 18.8. The lowest BCUT2D eigenvalue weighted by Crippen LogP contribution is -2.30. The SMILES string of the molecule is CC/C=C\C/C=C\C/C=C\C/C=C\C/C=C\CCCCCCCCCC(=O)OCC(COC(=O)CC/C=C\C/C=C\C/C=C\C/C=C\CC)OC(=O)CCCCCCCCC/C=C\CCCCCCCC. The van der Waals surface area contributed by atoms with Gasteiger partial charge in [-0.25, -0.2) is 0 Å². The fraction of sp³-hybridized carbons (Fsp3) is 0.646. The van der Waals surface area contributed by atoms with Gasteiger partial charge in [0.15, 0.2) is 6.10 Å². The Kier molecular flexibility index (Phi) is 54.9. The summed E-state index contributed by atoms with van der Waals surface area (Å²) in [5.74, 6) is -1.01. The van der Waals surface area contributed by atoms with Crippen LogP contribution in [0, 0.1) is 0 Å². The van der Waals surface area contributed by atoms with Gasteiger partial charge in [0.05, 0.1) is 0 Å². The second kappa shape index (κ2) is 58.4. The zero-order valence-electron chi connectivity index (χ0n) is 45.9. The molecule has 6 nitrogen and oxygen atoms in total. The topological polar surface area (TPSA) is 78.9 Å². The average molecular weight is 984 g/mol. The molecular weight excluding hydrogens is 877 g/mol. The summed E-state index contributed by atoms with van der Waals surface area (Å²) in [6.45, 7) is 6.33. The molecule has 0 aromatic carbocycles. The highest BCUT2D eigenvalue weighted by atomic mass is 16.6. The molecular formula is C65H106O6. The summed E-state index contributed by atoms with van der Waals surface area (Å²) in [4.78, 5) is 38.1. The number of hydrogen-bond donors (Lipinski definition) is 0. The lowest BCUT2D eigenvalue weighted by Gasteiger charge is -2.18. The fourth-order valence-corrected chi connectivity index (χ4v) is 7.65. The molecule has 0 bridgehead atoms. The summed E-state index contributed by atoms with van der Waals surface area (Å²) in [6, 6.07) is 0. The molecule has 0 saturated heterocycles. The van der Waals surface area contributed by atoms with Crippen LogP contribution in [0.1, 0.15) is 252 Å². The molecule has 0 spiro atoms. The Morgan fingerprint density at radius 1 is 0.296 bits per heavy atom. The smallest absolute Gasteiger partial charge is 0.306 e. The van der Waals surface area contributed by atoms with E-state index in [1.54, 1.807) is 0 Å². The number of allylic oxidation sites excluding steroid dienone is 20. The predicted molar refractivity (Wildman–Crippen MR) is 306 cm³/mol. The molecule has 0 aromatic heterocycles. The lowest BCUT2D eigenvalue weighted by molar-refractivity contribution is -0.166. The summed E-state index contributed by atoms with van der Waals surface area (Å²) < 4.78 is 16.8. The fourth-order valence-electron chi connectivity index (χ4n) is 7.65. The minimum Gasteiger partial charge on any atom is -0.462 e. The van der Waals surface area contributed by atoms with Crippen molar-refractivity contribution < 1.29 is 28.6 Å². The molecule has 71 heavy (non-hydrogen) atoms. The predicted octanol–water partition coefficient (Wildman–Crippen LogP) is 19.6. The minimum absolute atomic E-state index is 0.110. The van der Waals surface area contributed by atoms with Crippen LogP contribution in [-0.4, -0.2) is 37.2 Å². The molecule has 0 radical (unpaired) electrons. The third-order valence-electron chi connectivity index (χ3n) is 11.9. The van der Waals surface area contributed by atoms with Gasteiger partial charge in [0, 0.05) is 19.3 Å². The quantitative estimate of drug-likeness (QED) is 0.0261. The molecule has 0 aromatic rings. The molecule has 402 valence electrons. The molecule has 1 atom stereocenters. The molecule has 0 heterocycles. The summed E-state index contributed by atoms with van der Waals surface area (Å²) in [6.07, 6.45) is 80.6. The van der Waals surface area contributed by atoms with E-state index in [0.29, 0.717) is 19.3 Å². The van der Waals surface area contributed by atoms with Crippen molar-refractivity contribution in [3.63, 3.8) is 0 Å². The zero-order valence-corrected chi connectivity index (χ0v) is 45.9. The molecule has 0 aliphatic rings. The van der Waals surface area contributed by atoms with Gasteiger partial charge in [0.1, 0.15) is 13.2 Å². The first-order valence-electron chi connectivity index (χ1n) is 29.0. The molecule has 0 N–H and O–H groups in total. The van der Waals surface area contributed by atoms with Gasteiger partial charge < -0.3 is 14.2 Å². The highest BCUT2D eigenvalue weighted by Gasteiger charge is 2.19. The number of ether oxygens (including phenoxy) is 3. The van der Waals surface area contributed by atoms with E-state index in [4.69, 9.17) is 14.2 Å². The first-order chi connectivity index (χ1) is 35.0. The van der Waals surface area contributed by atoms with Crippen LogP contribution in [0.5, 0.6) is 0 Å². The molecule has 6 heteroatoms. The van der Waals surface area contributed by atoms with E-state index in [-0.39, 0.29) is 37.5 Å². The van der Waals surface area contributed by atoms with E-state index in [1.807, 2.05) is 12.2 Å². The van der Waals surface area contributed by atoms with Crippen LogP contribution in [0.25, 0.3) is 0 Å². The van der Waals surface area contributed by atoms with Crippen molar-refractivity contribution >= 4 is 17.9 Å². The van der Waals surface area contributed by atoms with Crippen molar-refractivity contribution in [2.75, 3.05) is 13.2 Å². The highest BCUT2D eigenvalue weighted by Crippen LogP contribution is 2.14. The lowest BCUT2D eigenvalue weighted by atomic mass is 10.1. The van der Waals surface area contributed by atoms with E-state index in [0.717, 1.165) is 103 Å². The summed E-state index contributed by atoms with van der Waals surface area (Å²) >= 11 is 0. The third-order valence-corrected chi connectivity index (χ3v) is 11.9. The van der Waals surface area contributed by atoms with Gasteiger partial charge in [-0.2, -0.15) is 0 Å². The number of rotatable bonds is 51. The van der Waals surface area contributed by atoms with E-state index in [2.05, 4.69) is 130 Å². The van der Waals surface area contributed by atoms with E-state index >= 15 is 0 Å². The maximum atomic E-state index is 12.9. The highest BCUT2D eigenvalue weighted by molar-refractivity contribution is 5.71. The molecule has 0 rings (SSSR count). The number of hydrogen-bond acceptors (Lipinski definition) is 6. The van der Waals surface area contributed by atoms with Crippen LogP contribution in [0.2, 0.25) is 0 Å². The maximum Gasteiger partial charge on any atom is 0.306 e. The van der Waals surface area contributed by atoms with Crippen molar-refractivity contribution in [3.8, 4) is 0 Å². The monoisotopic (exact) mass is 983 g/mol. The van der Waals surface area contributed by atoms with Gasteiger partial charge in [-0.1, -0.05) is 239 Å². The van der Waals surface area contributed by atoms with E-state index < -0.39 is 6.10 Å². The van der Waals surface area contributed by atoms with E-state index in [1.165, 1.54) is 103 Å². The first kappa shape index (κ1) is 66.8. The Morgan fingerprint density at radius 2 is 0.577 bits per heavy atom. The van der Waals surface area contributed by atoms with Crippen molar-refractivity contribution in [2.45, 2.75) is 258 Å². The van der Waals surface area contributed by atoms with Crippen LogP contribution in [0.4, 0.5) is 0 Å². The van der Waals surface area contributed by atoms with Crippen molar-refractivity contribution in [2.24, 2.45) is 0 Å². The molecule has 0 aliphatic carbocycles. The van der Waals surface area contributed by atoms with Gasteiger partial charge in [-0.15, -0.1) is 0 Å². The van der Waals surface area contributed by atoms with Gasteiger partial charge in [-0.3, -0.25) is 14.4 Å².